The number of amides is 1. The summed E-state index contributed by atoms with van der Waals surface area (Å²) in [5.74, 6) is 0.657. The van der Waals surface area contributed by atoms with Gasteiger partial charge >= 0.3 is 0 Å². The Morgan fingerprint density at radius 3 is 2.51 bits per heavy atom. The van der Waals surface area contributed by atoms with Crippen LogP contribution in [0.1, 0.15) is 43.2 Å². The number of carbonyl (C=O) groups is 1. The fourth-order valence-electron chi connectivity index (χ4n) is 4.43. The average molecular weight is 516 g/mol. The van der Waals surface area contributed by atoms with Crippen molar-refractivity contribution in [1.82, 2.24) is 9.80 Å². The van der Waals surface area contributed by atoms with Gasteiger partial charge in [-0.3, -0.25) is 19.8 Å². The number of hydrogen-bond donors (Lipinski definition) is 0. The highest BCUT2D eigenvalue weighted by atomic mass is 35.5. The van der Waals surface area contributed by atoms with Crippen molar-refractivity contribution in [3.05, 3.63) is 68.4 Å². The molecule has 0 unspecified atom stereocenters. The Hall–Kier alpha value is -3.17. The molecule has 0 spiro atoms. The lowest BCUT2D eigenvalue weighted by Gasteiger charge is -2.30. The van der Waals surface area contributed by atoms with Gasteiger partial charge in [-0.2, -0.15) is 0 Å². The van der Waals surface area contributed by atoms with E-state index in [1.807, 2.05) is 0 Å². The molecule has 1 aliphatic heterocycles. The molecule has 0 bridgehead atoms. The maximum Gasteiger partial charge on any atom is 0.277 e. The van der Waals surface area contributed by atoms with E-state index in [1.165, 1.54) is 25.7 Å². The number of methoxy groups -OCH3 is 1. The summed E-state index contributed by atoms with van der Waals surface area (Å²) in [7, 11) is 3.31. The number of hydrogen-bond acceptors (Lipinski definition) is 6. The molecule has 0 radical (unpaired) electrons. The summed E-state index contributed by atoms with van der Waals surface area (Å²) in [6, 6.07) is 9.68. The molecular formula is C25H26ClN3O5S. The van der Waals surface area contributed by atoms with Crippen molar-refractivity contribution < 1.29 is 19.2 Å². The van der Waals surface area contributed by atoms with Gasteiger partial charge in [-0.25, -0.2) is 0 Å². The molecular weight excluding hydrogens is 490 g/mol. The second-order valence-electron chi connectivity index (χ2n) is 8.58. The van der Waals surface area contributed by atoms with Gasteiger partial charge in [0.1, 0.15) is 12.3 Å². The van der Waals surface area contributed by atoms with Crippen molar-refractivity contribution in [3.63, 3.8) is 0 Å². The molecule has 1 saturated carbocycles. The first kappa shape index (κ1) is 24.9. The molecule has 184 valence electrons. The third kappa shape index (κ3) is 5.26. The fourth-order valence-corrected chi connectivity index (χ4v) is 5.03. The van der Waals surface area contributed by atoms with Gasteiger partial charge < -0.3 is 14.4 Å². The van der Waals surface area contributed by atoms with Crippen molar-refractivity contribution in [3.8, 4) is 11.5 Å². The molecule has 1 heterocycles. The van der Waals surface area contributed by atoms with Crippen molar-refractivity contribution in [1.29, 1.82) is 0 Å². The summed E-state index contributed by atoms with van der Waals surface area (Å²) in [5, 5.41) is 11.7. The maximum atomic E-state index is 13.3. The van der Waals surface area contributed by atoms with Crippen molar-refractivity contribution in [2.75, 3.05) is 14.2 Å². The van der Waals surface area contributed by atoms with Gasteiger partial charge in [0.05, 0.1) is 17.1 Å². The molecule has 8 nitrogen and oxygen atoms in total. The fraction of sp³-hybridized carbons (Fsp3) is 0.360. The first-order valence-corrected chi connectivity index (χ1v) is 12.2. The van der Waals surface area contributed by atoms with Gasteiger partial charge in [0, 0.05) is 25.2 Å². The lowest BCUT2D eigenvalue weighted by Crippen LogP contribution is -2.41. The van der Waals surface area contributed by atoms with Gasteiger partial charge in [0.2, 0.25) is 0 Å². The Labute approximate surface area is 214 Å². The highest BCUT2D eigenvalue weighted by molar-refractivity contribution is 7.80. The molecule has 10 heteroatoms. The normalized spacial score (nSPS) is 17.9. The van der Waals surface area contributed by atoms with E-state index in [2.05, 4.69) is 0 Å². The van der Waals surface area contributed by atoms with Gasteiger partial charge in [0.25, 0.3) is 11.6 Å². The van der Waals surface area contributed by atoms with Crippen LogP contribution in [0.3, 0.4) is 0 Å². The SMILES string of the molecule is COc1cc(/C=C2/C(=O)N(C3CCCCC3)C(=S)N2C)cc(Cl)c1OCc1ccc([N+](=O)[O-])cc1. The Morgan fingerprint density at radius 2 is 1.89 bits per heavy atom. The lowest BCUT2D eigenvalue weighted by atomic mass is 9.94. The second kappa shape index (κ2) is 10.6. The maximum absolute atomic E-state index is 13.3. The predicted molar refractivity (Wildman–Crippen MR) is 137 cm³/mol. The summed E-state index contributed by atoms with van der Waals surface area (Å²) in [6.07, 6.45) is 7.09. The topological polar surface area (TPSA) is 85.2 Å². The van der Waals surface area contributed by atoms with Gasteiger partial charge in [-0.05, 0) is 66.5 Å². The number of nitro groups is 1. The molecule has 0 aromatic heterocycles. The quantitative estimate of drug-likeness (QED) is 0.206. The number of benzene rings is 2. The Bertz CT molecular complexity index is 1180. The van der Waals surface area contributed by atoms with E-state index in [0.29, 0.717) is 32.9 Å². The highest BCUT2D eigenvalue weighted by Gasteiger charge is 2.40. The van der Waals surface area contributed by atoms with E-state index in [0.717, 1.165) is 31.2 Å². The number of ether oxygens (including phenoxy) is 2. The van der Waals surface area contributed by atoms with Gasteiger partial charge in [0.15, 0.2) is 16.6 Å². The number of rotatable bonds is 7. The molecule has 35 heavy (non-hydrogen) atoms. The predicted octanol–water partition coefficient (Wildman–Crippen LogP) is 5.57. The molecule has 1 aliphatic carbocycles. The van der Waals surface area contributed by atoms with E-state index >= 15 is 0 Å². The number of nitro benzene ring substituents is 1. The van der Waals surface area contributed by atoms with E-state index in [4.69, 9.17) is 33.3 Å². The number of carbonyl (C=O) groups excluding carboxylic acids is 1. The molecule has 2 aromatic rings. The first-order chi connectivity index (χ1) is 16.8. The van der Waals surface area contributed by atoms with E-state index in [-0.39, 0.29) is 24.2 Å². The van der Waals surface area contributed by atoms with E-state index in [1.54, 1.807) is 47.2 Å². The molecule has 2 aliphatic rings. The van der Waals surface area contributed by atoms with E-state index < -0.39 is 4.92 Å². The number of likely N-dealkylation sites (N-methyl/N-ethyl adjacent to an activating group) is 1. The summed E-state index contributed by atoms with van der Waals surface area (Å²) in [6.45, 7) is 0.153. The molecule has 1 amide bonds. The summed E-state index contributed by atoms with van der Waals surface area (Å²) in [4.78, 5) is 27.1. The molecule has 2 aromatic carbocycles. The van der Waals surface area contributed by atoms with Crippen LogP contribution in [-0.4, -0.2) is 45.9 Å². The highest BCUT2D eigenvalue weighted by Crippen LogP contribution is 2.38. The standard InChI is InChI=1S/C25H26ClN3O5S/c1-27-21(24(30)28(25(27)35)18-6-4-3-5-7-18)13-17-12-20(26)23(22(14-17)33-2)34-15-16-8-10-19(11-9-16)29(31)32/h8-14,18H,3-7,15H2,1-2H3/b21-13-. The number of non-ortho nitro benzene ring substituents is 1. The van der Waals surface area contributed by atoms with E-state index in [9.17, 15) is 14.9 Å². The minimum Gasteiger partial charge on any atom is -0.493 e. The van der Waals surface area contributed by atoms with Crippen molar-refractivity contribution in [2.24, 2.45) is 0 Å². The lowest BCUT2D eigenvalue weighted by molar-refractivity contribution is -0.384. The van der Waals surface area contributed by atoms with Crippen LogP contribution in [0.2, 0.25) is 5.02 Å². The van der Waals surface area contributed by atoms with Crippen LogP contribution in [-0.2, 0) is 11.4 Å². The largest absolute Gasteiger partial charge is 0.493 e. The summed E-state index contributed by atoms with van der Waals surface area (Å²) in [5.41, 5.74) is 1.92. The van der Waals surface area contributed by atoms with Gasteiger partial charge in [-0.15, -0.1) is 0 Å². The van der Waals surface area contributed by atoms with Crippen LogP contribution >= 0.6 is 23.8 Å². The zero-order chi connectivity index (χ0) is 25.1. The van der Waals surface area contributed by atoms with Crippen LogP contribution in [0, 0.1) is 10.1 Å². The van der Waals surface area contributed by atoms with Crippen LogP contribution in [0.5, 0.6) is 11.5 Å². The minimum absolute atomic E-state index is 0.00900. The average Bonchev–Trinajstić information content (AvgIpc) is 3.06. The summed E-state index contributed by atoms with van der Waals surface area (Å²) < 4.78 is 11.4. The summed E-state index contributed by atoms with van der Waals surface area (Å²) >= 11 is 12.1. The third-order valence-corrected chi connectivity index (χ3v) is 7.07. The second-order valence-corrected chi connectivity index (χ2v) is 9.36. The molecule has 1 saturated heterocycles. The smallest absolute Gasteiger partial charge is 0.277 e. The van der Waals surface area contributed by atoms with Gasteiger partial charge in [-0.1, -0.05) is 30.9 Å². The number of halogens is 1. The van der Waals surface area contributed by atoms with Crippen molar-refractivity contribution in [2.45, 2.75) is 44.8 Å². The minimum atomic E-state index is -0.453. The van der Waals surface area contributed by atoms with Crippen LogP contribution < -0.4 is 9.47 Å². The molecule has 0 atom stereocenters. The van der Waals surface area contributed by atoms with Crippen LogP contribution in [0.4, 0.5) is 5.69 Å². The molecule has 0 N–H and O–H groups in total. The Morgan fingerprint density at radius 1 is 1.20 bits per heavy atom. The molecule has 4 rings (SSSR count). The Balaban J connectivity index is 1.55. The monoisotopic (exact) mass is 515 g/mol. The number of nitrogens with zero attached hydrogens (tertiary/aromatic N) is 3. The zero-order valence-electron chi connectivity index (χ0n) is 19.5. The third-order valence-electron chi connectivity index (χ3n) is 6.32. The zero-order valence-corrected chi connectivity index (χ0v) is 21.1. The Kier molecular flexibility index (Phi) is 7.57. The number of thiocarbonyl (C=S) groups is 1. The van der Waals surface area contributed by atoms with Crippen molar-refractivity contribution >= 4 is 46.6 Å². The van der Waals surface area contributed by atoms with Crippen LogP contribution in [0.15, 0.2) is 42.1 Å². The van der Waals surface area contributed by atoms with Crippen LogP contribution in [0.25, 0.3) is 6.08 Å². The molecule has 2 fully saturated rings. The first-order valence-electron chi connectivity index (χ1n) is 11.4.